The van der Waals surface area contributed by atoms with Crippen molar-refractivity contribution in [3.63, 3.8) is 0 Å². The topological polar surface area (TPSA) is 51.8 Å². The lowest BCUT2D eigenvalue weighted by atomic mass is 9.86. The molecule has 0 amide bonds. The fourth-order valence-corrected chi connectivity index (χ4v) is 8.54. The molecule has 288 valence electrons. The fourth-order valence-electron chi connectivity index (χ4n) is 8.54. The van der Waals surface area contributed by atoms with Crippen molar-refractivity contribution in [2.45, 2.75) is 12.3 Å². The second kappa shape index (κ2) is 15.7. The molecule has 0 fully saturated rings. The Bertz CT molecular complexity index is 3140. The Morgan fingerprint density at radius 1 is 0.393 bits per heavy atom. The summed E-state index contributed by atoms with van der Waals surface area (Å²) in [7, 11) is 0. The van der Waals surface area contributed by atoms with Gasteiger partial charge in [0.15, 0.2) is 17.5 Å². The maximum atomic E-state index is 6.62. The highest BCUT2D eigenvalue weighted by molar-refractivity contribution is 6.13. The van der Waals surface area contributed by atoms with Gasteiger partial charge in [-0.2, -0.15) is 0 Å². The minimum absolute atomic E-state index is 0.128. The summed E-state index contributed by atoms with van der Waals surface area (Å²) in [5.74, 6) is 2.11. The average Bonchev–Trinajstić information content (AvgIpc) is 3.73. The molecular weight excluding hydrogens is 743 g/mol. The Morgan fingerprint density at radius 3 is 1.48 bits per heavy atom. The highest BCUT2D eigenvalue weighted by Gasteiger charge is 2.21. The lowest BCUT2D eigenvalue weighted by Crippen LogP contribution is -2.05. The molecule has 1 aliphatic carbocycles. The molecule has 8 aromatic carbocycles. The van der Waals surface area contributed by atoms with Gasteiger partial charge in [0.25, 0.3) is 0 Å². The molecule has 2 aromatic heterocycles. The van der Waals surface area contributed by atoms with Gasteiger partial charge in [0.2, 0.25) is 0 Å². The minimum atomic E-state index is 0.128. The van der Waals surface area contributed by atoms with E-state index in [1.807, 2.05) is 66.7 Å². The van der Waals surface area contributed by atoms with Crippen molar-refractivity contribution in [2.24, 2.45) is 0 Å². The number of furan rings is 1. The molecule has 1 atom stereocenters. The molecular formula is C57H39N3O. The number of hydrogen-bond donors (Lipinski definition) is 0. The molecule has 0 aliphatic heterocycles. The van der Waals surface area contributed by atoms with Crippen LogP contribution in [0.15, 0.2) is 223 Å². The third kappa shape index (κ3) is 7.15. The van der Waals surface area contributed by atoms with Gasteiger partial charge in [-0.05, 0) is 99.0 Å². The first kappa shape index (κ1) is 36.2. The Kier molecular flexibility index (Phi) is 9.29. The Morgan fingerprint density at radius 2 is 0.885 bits per heavy atom. The standard InChI is InChI=1S/C57H39N3O/c1-5-16-38(17-6-1)46-33-47(39-18-7-2-8-19-39)35-48(34-46)44-24-15-25-45(32-44)51-36-49(37-53-54(51)50-26-13-14-27-52(50)61-53)40-28-30-43(31-29-40)57-59-55(41-20-9-3-10-21-41)58-56(60-57)42-22-11-4-12-23-42/h1-28,30-37,40H,29H2. The van der Waals surface area contributed by atoms with E-state index in [1.165, 1.54) is 33.4 Å². The highest BCUT2D eigenvalue weighted by atomic mass is 16.3. The van der Waals surface area contributed by atoms with Crippen molar-refractivity contribution in [3.05, 3.63) is 230 Å². The summed E-state index contributed by atoms with van der Waals surface area (Å²) in [6.07, 6.45) is 7.50. The minimum Gasteiger partial charge on any atom is -0.456 e. The van der Waals surface area contributed by atoms with Gasteiger partial charge in [0, 0.05) is 33.4 Å². The normalized spacial score (nSPS) is 13.7. The SMILES string of the molecule is C1=CC(c2cc(-c3cccc(-c4cc(-c5ccccc5)cc(-c5ccccc5)c4)c3)c3c(c2)oc2ccccc23)CC=C1c1nc(-c2ccccc2)nc(-c2ccccc2)n1. The third-order valence-corrected chi connectivity index (χ3v) is 11.6. The van der Waals surface area contributed by atoms with E-state index < -0.39 is 0 Å². The predicted molar refractivity (Wildman–Crippen MR) is 251 cm³/mol. The first-order valence-electron chi connectivity index (χ1n) is 20.8. The van der Waals surface area contributed by atoms with Crippen LogP contribution in [0.1, 0.15) is 23.7 Å². The highest BCUT2D eigenvalue weighted by Crippen LogP contribution is 2.42. The summed E-state index contributed by atoms with van der Waals surface area (Å²) in [4.78, 5) is 14.9. The van der Waals surface area contributed by atoms with Gasteiger partial charge >= 0.3 is 0 Å². The first-order chi connectivity index (χ1) is 30.2. The zero-order chi connectivity index (χ0) is 40.5. The lowest BCUT2D eigenvalue weighted by molar-refractivity contribution is 0.667. The predicted octanol–water partition coefficient (Wildman–Crippen LogP) is 14.9. The Labute approximate surface area is 354 Å². The van der Waals surface area contributed by atoms with Crippen LogP contribution in [-0.2, 0) is 0 Å². The van der Waals surface area contributed by atoms with Crippen LogP contribution in [0.4, 0.5) is 0 Å². The van der Waals surface area contributed by atoms with E-state index in [9.17, 15) is 0 Å². The quantitative estimate of drug-likeness (QED) is 0.154. The van der Waals surface area contributed by atoms with Crippen LogP contribution in [0.25, 0.3) is 94.8 Å². The van der Waals surface area contributed by atoms with Crippen LogP contribution in [0, 0.1) is 0 Å². The molecule has 11 rings (SSSR count). The van der Waals surface area contributed by atoms with Crippen LogP contribution in [0.5, 0.6) is 0 Å². The molecule has 0 spiro atoms. The summed E-state index contributed by atoms with van der Waals surface area (Å²) in [6, 6.07) is 70.4. The molecule has 4 heteroatoms. The smallest absolute Gasteiger partial charge is 0.164 e. The van der Waals surface area contributed by atoms with Crippen molar-refractivity contribution in [1.29, 1.82) is 0 Å². The second-order valence-corrected chi connectivity index (χ2v) is 15.6. The zero-order valence-corrected chi connectivity index (χ0v) is 33.3. The van der Waals surface area contributed by atoms with E-state index >= 15 is 0 Å². The number of fused-ring (bicyclic) bond motifs is 3. The molecule has 0 radical (unpaired) electrons. The van der Waals surface area contributed by atoms with Gasteiger partial charge in [-0.25, -0.2) is 15.0 Å². The van der Waals surface area contributed by atoms with Crippen molar-refractivity contribution >= 4 is 27.5 Å². The summed E-state index contributed by atoms with van der Waals surface area (Å²) in [5, 5.41) is 2.24. The lowest BCUT2D eigenvalue weighted by Gasteiger charge is -2.18. The Balaban J connectivity index is 0.989. The largest absolute Gasteiger partial charge is 0.456 e. The number of nitrogens with zero attached hydrogens (tertiary/aromatic N) is 3. The van der Waals surface area contributed by atoms with Gasteiger partial charge < -0.3 is 4.42 Å². The van der Waals surface area contributed by atoms with E-state index in [-0.39, 0.29) is 5.92 Å². The van der Waals surface area contributed by atoms with Crippen LogP contribution in [-0.4, -0.2) is 15.0 Å². The second-order valence-electron chi connectivity index (χ2n) is 15.6. The number of rotatable bonds is 8. The fraction of sp³-hybridized carbons (Fsp3) is 0.0351. The van der Waals surface area contributed by atoms with Crippen molar-refractivity contribution in [2.75, 3.05) is 0 Å². The molecule has 1 aliphatic rings. The van der Waals surface area contributed by atoms with Crippen molar-refractivity contribution in [1.82, 2.24) is 15.0 Å². The monoisotopic (exact) mass is 781 g/mol. The molecule has 0 saturated carbocycles. The van der Waals surface area contributed by atoms with E-state index in [0.29, 0.717) is 17.5 Å². The summed E-state index contributed by atoms with van der Waals surface area (Å²) < 4.78 is 6.62. The first-order valence-corrected chi connectivity index (χ1v) is 20.8. The molecule has 0 N–H and O–H groups in total. The van der Waals surface area contributed by atoms with Crippen molar-refractivity contribution in [3.8, 4) is 67.3 Å². The molecule has 0 bridgehead atoms. The summed E-state index contributed by atoms with van der Waals surface area (Å²) in [5.41, 5.74) is 15.3. The van der Waals surface area contributed by atoms with Crippen LogP contribution in [0.3, 0.4) is 0 Å². The number of hydrogen-bond acceptors (Lipinski definition) is 4. The molecule has 2 heterocycles. The van der Waals surface area contributed by atoms with Crippen LogP contribution in [0.2, 0.25) is 0 Å². The van der Waals surface area contributed by atoms with Crippen LogP contribution < -0.4 is 0 Å². The third-order valence-electron chi connectivity index (χ3n) is 11.6. The van der Waals surface area contributed by atoms with Crippen molar-refractivity contribution < 1.29 is 4.42 Å². The molecule has 1 unspecified atom stereocenters. The van der Waals surface area contributed by atoms with Gasteiger partial charge in [0.1, 0.15) is 11.2 Å². The van der Waals surface area contributed by atoms with E-state index in [0.717, 1.165) is 61.7 Å². The average molecular weight is 782 g/mol. The maximum Gasteiger partial charge on any atom is 0.164 e. The molecule has 10 aromatic rings. The van der Waals surface area contributed by atoms with Gasteiger partial charge in [-0.3, -0.25) is 0 Å². The molecule has 4 nitrogen and oxygen atoms in total. The Hall–Kier alpha value is -7.95. The molecule has 0 saturated heterocycles. The number of para-hydroxylation sites is 1. The zero-order valence-electron chi connectivity index (χ0n) is 33.3. The van der Waals surface area contributed by atoms with Gasteiger partial charge in [0.05, 0.1) is 0 Å². The number of allylic oxidation sites excluding steroid dienone is 4. The van der Waals surface area contributed by atoms with E-state index in [2.05, 4.69) is 152 Å². The van der Waals surface area contributed by atoms with Gasteiger partial charge in [-0.1, -0.05) is 176 Å². The maximum absolute atomic E-state index is 6.62. The summed E-state index contributed by atoms with van der Waals surface area (Å²) >= 11 is 0. The summed E-state index contributed by atoms with van der Waals surface area (Å²) in [6.45, 7) is 0. The van der Waals surface area contributed by atoms with Gasteiger partial charge in [-0.15, -0.1) is 0 Å². The number of aromatic nitrogens is 3. The number of benzene rings is 8. The molecule has 61 heavy (non-hydrogen) atoms. The van der Waals surface area contributed by atoms with E-state index in [1.54, 1.807) is 0 Å². The van der Waals surface area contributed by atoms with Crippen LogP contribution >= 0.6 is 0 Å². The van der Waals surface area contributed by atoms with E-state index in [4.69, 9.17) is 19.4 Å².